The van der Waals surface area contributed by atoms with Gasteiger partial charge >= 0.3 is 0 Å². The van der Waals surface area contributed by atoms with Gasteiger partial charge in [0.1, 0.15) is 12.2 Å². The maximum Gasteiger partial charge on any atom is 0.253 e. The summed E-state index contributed by atoms with van der Waals surface area (Å²) < 4.78 is 20.8. The molecule has 2 aromatic rings. The smallest absolute Gasteiger partial charge is 0.253 e. The SMILES string of the molecule is CCn1cnnc1[C@H]1CCCN(C(=O)c2ccc(OC)c(F)c2)C1. The van der Waals surface area contributed by atoms with Crippen LogP contribution in [0.15, 0.2) is 24.5 Å². The van der Waals surface area contributed by atoms with E-state index in [1.807, 2.05) is 11.5 Å². The molecule has 1 amide bonds. The molecule has 1 aliphatic rings. The number of halogens is 1. The highest BCUT2D eigenvalue weighted by molar-refractivity contribution is 5.94. The Morgan fingerprint density at radius 2 is 2.29 bits per heavy atom. The number of benzene rings is 1. The summed E-state index contributed by atoms with van der Waals surface area (Å²) in [5, 5.41) is 8.19. The average molecular weight is 332 g/mol. The summed E-state index contributed by atoms with van der Waals surface area (Å²) in [7, 11) is 1.40. The van der Waals surface area contributed by atoms with Crippen molar-refractivity contribution in [2.75, 3.05) is 20.2 Å². The normalized spacial score (nSPS) is 17.8. The van der Waals surface area contributed by atoms with E-state index < -0.39 is 5.82 Å². The first kappa shape index (κ1) is 16.4. The lowest BCUT2D eigenvalue weighted by molar-refractivity contribution is 0.0702. The molecule has 3 rings (SSSR count). The van der Waals surface area contributed by atoms with Crippen LogP contribution < -0.4 is 4.74 Å². The fraction of sp³-hybridized carbons (Fsp3) is 0.471. The molecule has 6 nitrogen and oxygen atoms in total. The molecular weight excluding hydrogens is 311 g/mol. The first-order valence-electron chi connectivity index (χ1n) is 8.14. The van der Waals surface area contributed by atoms with Crippen molar-refractivity contribution in [3.63, 3.8) is 0 Å². The molecule has 0 N–H and O–H groups in total. The van der Waals surface area contributed by atoms with E-state index in [9.17, 15) is 9.18 Å². The number of piperidine rings is 1. The van der Waals surface area contributed by atoms with Gasteiger partial charge in [-0.1, -0.05) is 0 Å². The summed E-state index contributed by atoms with van der Waals surface area (Å²) in [4.78, 5) is 14.5. The third kappa shape index (κ3) is 3.11. The van der Waals surface area contributed by atoms with Crippen LogP contribution in [0.4, 0.5) is 4.39 Å². The minimum atomic E-state index is -0.525. The minimum absolute atomic E-state index is 0.138. The number of aryl methyl sites for hydroxylation is 1. The highest BCUT2D eigenvalue weighted by Gasteiger charge is 2.28. The van der Waals surface area contributed by atoms with Crippen LogP contribution in [0.5, 0.6) is 5.75 Å². The zero-order valence-electron chi connectivity index (χ0n) is 13.9. The topological polar surface area (TPSA) is 60.2 Å². The Bertz CT molecular complexity index is 731. The Hall–Kier alpha value is -2.44. The second-order valence-electron chi connectivity index (χ2n) is 5.91. The quantitative estimate of drug-likeness (QED) is 0.863. The summed E-state index contributed by atoms with van der Waals surface area (Å²) in [6.07, 6.45) is 3.58. The number of carbonyl (C=O) groups is 1. The Morgan fingerprint density at radius 1 is 1.46 bits per heavy atom. The van der Waals surface area contributed by atoms with Gasteiger partial charge in [0.05, 0.1) is 7.11 Å². The Labute approximate surface area is 140 Å². The van der Waals surface area contributed by atoms with Gasteiger partial charge in [0, 0.05) is 31.1 Å². The Morgan fingerprint density at radius 3 is 3.00 bits per heavy atom. The van der Waals surface area contributed by atoms with Gasteiger partial charge in [0.15, 0.2) is 11.6 Å². The van der Waals surface area contributed by atoms with E-state index in [-0.39, 0.29) is 17.6 Å². The Kier molecular flexibility index (Phi) is 4.78. The summed E-state index contributed by atoms with van der Waals surface area (Å²) in [5.74, 6) is 0.523. The fourth-order valence-electron chi connectivity index (χ4n) is 3.18. The summed E-state index contributed by atoms with van der Waals surface area (Å²) in [6.45, 7) is 4.09. The van der Waals surface area contributed by atoms with Crippen molar-refractivity contribution in [1.82, 2.24) is 19.7 Å². The lowest BCUT2D eigenvalue weighted by atomic mass is 9.96. The van der Waals surface area contributed by atoms with Crippen LogP contribution in [0.1, 0.15) is 41.9 Å². The molecule has 1 saturated heterocycles. The Balaban J connectivity index is 1.77. The van der Waals surface area contributed by atoms with Crippen LogP contribution in [0.25, 0.3) is 0 Å². The van der Waals surface area contributed by atoms with E-state index in [1.165, 1.54) is 19.2 Å². The first-order valence-corrected chi connectivity index (χ1v) is 8.14. The lowest BCUT2D eigenvalue weighted by Crippen LogP contribution is -2.39. The average Bonchev–Trinajstić information content (AvgIpc) is 3.10. The van der Waals surface area contributed by atoms with Crippen molar-refractivity contribution in [2.45, 2.75) is 32.2 Å². The van der Waals surface area contributed by atoms with Crippen molar-refractivity contribution in [3.05, 3.63) is 41.7 Å². The number of methoxy groups -OCH3 is 1. The second kappa shape index (κ2) is 6.98. The summed E-state index contributed by atoms with van der Waals surface area (Å²) in [6, 6.07) is 4.32. The van der Waals surface area contributed by atoms with Gasteiger partial charge in [-0.25, -0.2) is 4.39 Å². The number of hydrogen-bond acceptors (Lipinski definition) is 4. The van der Waals surface area contributed by atoms with E-state index in [1.54, 1.807) is 17.3 Å². The molecule has 1 aromatic carbocycles. The van der Waals surface area contributed by atoms with Crippen molar-refractivity contribution in [1.29, 1.82) is 0 Å². The number of aromatic nitrogens is 3. The number of rotatable bonds is 4. The third-order valence-corrected chi connectivity index (χ3v) is 4.46. The molecule has 0 spiro atoms. The van der Waals surface area contributed by atoms with Crippen LogP contribution in [-0.4, -0.2) is 45.8 Å². The fourth-order valence-corrected chi connectivity index (χ4v) is 3.18. The van der Waals surface area contributed by atoms with Crippen molar-refractivity contribution in [3.8, 4) is 5.75 Å². The van der Waals surface area contributed by atoms with E-state index in [0.29, 0.717) is 18.7 Å². The minimum Gasteiger partial charge on any atom is -0.494 e. The van der Waals surface area contributed by atoms with Crippen molar-refractivity contribution >= 4 is 5.91 Å². The van der Waals surface area contributed by atoms with E-state index >= 15 is 0 Å². The van der Waals surface area contributed by atoms with E-state index in [2.05, 4.69) is 10.2 Å². The molecule has 1 atom stereocenters. The summed E-state index contributed by atoms with van der Waals surface area (Å²) in [5.41, 5.74) is 0.339. The van der Waals surface area contributed by atoms with Crippen LogP contribution in [0.2, 0.25) is 0 Å². The molecule has 24 heavy (non-hydrogen) atoms. The monoisotopic (exact) mass is 332 g/mol. The van der Waals surface area contributed by atoms with Crippen LogP contribution in [0, 0.1) is 5.82 Å². The van der Waals surface area contributed by atoms with Crippen molar-refractivity contribution < 1.29 is 13.9 Å². The molecule has 0 bridgehead atoms. The van der Waals surface area contributed by atoms with Crippen LogP contribution >= 0.6 is 0 Å². The maximum atomic E-state index is 13.9. The molecule has 1 fully saturated rings. The standard InChI is InChI=1S/C17H21FN4O2/c1-3-21-11-19-20-16(21)13-5-4-8-22(10-13)17(23)12-6-7-15(24-2)14(18)9-12/h6-7,9,11,13H,3-5,8,10H2,1-2H3/t13-/m0/s1. The molecule has 7 heteroatoms. The molecule has 2 heterocycles. The van der Waals surface area contributed by atoms with Crippen LogP contribution in [-0.2, 0) is 6.54 Å². The number of nitrogens with zero attached hydrogens (tertiary/aromatic N) is 4. The van der Waals surface area contributed by atoms with Gasteiger partial charge in [-0.15, -0.1) is 10.2 Å². The number of carbonyl (C=O) groups excluding carboxylic acids is 1. The van der Waals surface area contributed by atoms with E-state index in [0.717, 1.165) is 25.2 Å². The van der Waals surface area contributed by atoms with Gasteiger partial charge in [-0.3, -0.25) is 4.79 Å². The van der Waals surface area contributed by atoms with Crippen molar-refractivity contribution in [2.24, 2.45) is 0 Å². The first-order chi connectivity index (χ1) is 11.6. The largest absolute Gasteiger partial charge is 0.494 e. The second-order valence-corrected chi connectivity index (χ2v) is 5.91. The van der Waals surface area contributed by atoms with Gasteiger partial charge in [-0.2, -0.15) is 0 Å². The number of ether oxygens (including phenoxy) is 1. The number of likely N-dealkylation sites (tertiary alicyclic amines) is 1. The van der Waals surface area contributed by atoms with Gasteiger partial charge < -0.3 is 14.2 Å². The number of amides is 1. The number of hydrogen-bond donors (Lipinski definition) is 0. The molecule has 0 radical (unpaired) electrons. The van der Waals surface area contributed by atoms with Gasteiger partial charge in [-0.05, 0) is 38.0 Å². The predicted octanol–water partition coefficient (Wildman–Crippen LogP) is 2.47. The molecule has 1 aromatic heterocycles. The lowest BCUT2D eigenvalue weighted by Gasteiger charge is -2.32. The molecule has 128 valence electrons. The van der Waals surface area contributed by atoms with Crippen LogP contribution in [0.3, 0.4) is 0 Å². The molecule has 0 aliphatic carbocycles. The van der Waals surface area contributed by atoms with Gasteiger partial charge in [0.2, 0.25) is 0 Å². The highest BCUT2D eigenvalue weighted by Crippen LogP contribution is 2.27. The molecule has 1 aliphatic heterocycles. The van der Waals surface area contributed by atoms with E-state index in [4.69, 9.17) is 4.74 Å². The maximum absolute atomic E-state index is 13.9. The predicted molar refractivity (Wildman–Crippen MR) is 86.5 cm³/mol. The molecular formula is C17H21FN4O2. The third-order valence-electron chi connectivity index (χ3n) is 4.46. The zero-order chi connectivity index (χ0) is 17.1. The summed E-state index contributed by atoms with van der Waals surface area (Å²) >= 11 is 0. The van der Waals surface area contributed by atoms with Gasteiger partial charge in [0.25, 0.3) is 5.91 Å². The molecule has 0 saturated carbocycles. The zero-order valence-corrected chi connectivity index (χ0v) is 13.9. The molecule has 0 unspecified atom stereocenters. The highest BCUT2D eigenvalue weighted by atomic mass is 19.1.